The minimum atomic E-state index is -0.428. The number of carbonyl (C=O) groups excluding carboxylic acids is 1. The Kier molecular flexibility index (Phi) is 6.38. The van der Waals surface area contributed by atoms with Gasteiger partial charge in [-0.1, -0.05) is 0 Å². The van der Waals surface area contributed by atoms with Gasteiger partial charge in [0, 0.05) is 19.5 Å². The lowest BCUT2D eigenvalue weighted by atomic mass is 9.98. The van der Waals surface area contributed by atoms with Crippen molar-refractivity contribution in [3.8, 4) is 0 Å². The number of amides is 1. The molecule has 1 aliphatic rings. The molecule has 0 aliphatic carbocycles. The zero-order valence-electron chi connectivity index (χ0n) is 14.5. The number of carbonyl (C=O) groups is 1. The molecule has 2 rings (SSSR count). The van der Waals surface area contributed by atoms with Gasteiger partial charge in [-0.3, -0.25) is 5.10 Å². The highest BCUT2D eigenvalue weighted by molar-refractivity contribution is 5.68. The van der Waals surface area contributed by atoms with Crippen molar-refractivity contribution < 1.29 is 9.53 Å². The van der Waals surface area contributed by atoms with Crippen LogP contribution >= 0.6 is 0 Å². The van der Waals surface area contributed by atoms with E-state index >= 15 is 0 Å². The van der Waals surface area contributed by atoms with Crippen LogP contribution in [0.25, 0.3) is 0 Å². The summed E-state index contributed by atoms with van der Waals surface area (Å²) in [5, 5.41) is 10.2. The number of rotatable bonds is 6. The highest BCUT2D eigenvalue weighted by Gasteiger charge is 2.27. The van der Waals surface area contributed by atoms with Gasteiger partial charge in [0.15, 0.2) is 0 Å². The van der Waals surface area contributed by atoms with E-state index in [1.165, 1.54) is 6.33 Å². The van der Waals surface area contributed by atoms with Gasteiger partial charge >= 0.3 is 6.09 Å². The quantitative estimate of drug-likeness (QED) is 0.782. The fourth-order valence-corrected chi connectivity index (χ4v) is 2.76. The summed E-state index contributed by atoms with van der Waals surface area (Å²) >= 11 is 0. The summed E-state index contributed by atoms with van der Waals surface area (Å²) < 4.78 is 5.46. The van der Waals surface area contributed by atoms with Gasteiger partial charge in [0.1, 0.15) is 17.8 Å². The van der Waals surface area contributed by atoms with Crippen molar-refractivity contribution in [2.45, 2.75) is 52.1 Å². The van der Waals surface area contributed by atoms with E-state index in [1.807, 2.05) is 25.7 Å². The Morgan fingerprint density at radius 2 is 2.35 bits per heavy atom. The zero-order valence-corrected chi connectivity index (χ0v) is 14.5. The number of ether oxygens (including phenoxy) is 1. The van der Waals surface area contributed by atoms with Crippen LogP contribution in [-0.4, -0.2) is 58.0 Å². The number of H-pyrrole nitrogens is 1. The van der Waals surface area contributed by atoms with Crippen LogP contribution in [0.15, 0.2) is 6.33 Å². The molecule has 1 unspecified atom stereocenters. The molecule has 2 heterocycles. The summed E-state index contributed by atoms with van der Waals surface area (Å²) in [6, 6.07) is 0. The summed E-state index contributed by atoms with van der Waals surface area (Å²) in [6.45, 7) is 9.19. The van der Waals surface area contributed by atoms with Gasteiger partial charge in [-0.2, -0.15) is 5.10 Å². The molecule has 0 spiro atoms. The molecular weight excluding hydrogens is 294 g/mol. The van der Waals surface area contributed by atoms with Crippen LogP contribution in [0.2, 0.25) is 0 Å². The standard InChI is InChI=1S/C16H29N5O2/c1-16(2,3)23-15(22)21-9-5-6-13(11-21)10-17-8-4-7-14-18-12-19-20-14/h12-13,17H,4-11H2,1-3H3,(H,18,19,20). The SMILES string of the molecule is CC(C)(C)OC(=O)N1CCCC(CNCCCc2ncn[nH]2)C1. The highest BCUT2D eigenvalue weighted by atomic mass is 16.6. The Bertz CT molecular complexity index is 469. The van der Waals surface area contributed by atoms with Gasteiger partial charge in [0.05, 0.1) is 0 Å². The number of likely N-dealkylation sites (tertiary alicyclic amines) is 1. The van der Waals surface area contributed by atoms with Gasteiger partial charge in [-0.15, -0.1) is 0 Å². The lowest BCUT2D eigenvalue weighted by Crippen LogP contribution is -2.45. The molecule has 23 heavy (non-hydrogen) atoms. The van der Waals surface area contributed by atoms with Crippen LogP contribution in [0.4, 0.5) is 4.79 Å². The third kappa shape index (κ3) is 6.56. The third-order valence-electron chi connectivity index (χ3n) is 3.84. The van der Waals surface area contributed by atoms with Gasteiger partial charge < -0.3 is 15.0 Å². The molecule has 1 aromatic heterocycles. The number of aryl methyl sites for hydroxylation is 1. The number of hydrogen-bond acceptors (Lipinski definition) is 5. The van der Waals surface area contributed by atoms with E-state index in [1.54, 1.807) is 0 Å². The summed E-state index contributed by atoms with van der Waals surface area (Å²) in [5.41, 5.74) is -0.428. The van der Waals surface area contributed by atoms with E-state index in [2.05, 4.69) is 20.5 Å². The van der Waals surface area contributed by atoms with Crippen LogP contribution in [0.1, 0.15) is 45.9 Å². The first-order valence-electron chi connectivity index (χ1n) is 8.47. The molecule has 7 heteroatoms. The summed E-state index contributed by atoms with van der Waals surface area (Å²) in [4.78, 5) is 18.1. The van der Waals surface area contributed by atoms with Crippen LogP contribution < -0.4 is 5.32 Å². The maximum Gasteiger partial charge on any atom is 0.410 e. The van der Waals surface area contributed by atoms with Crippen LogP contribution in [-0.2, 0) is 11.2 Å². The molecule has 2 N–H and O–H groups in total. The molecule has 1 atom stereocenters. The first-order chi connectivity index (χ1) is 10.9. The molecule has 130 valence electrons. The Balaban J connectivity index is 1.62. The molecule has 1 aliphatic heterocycles. The highest BCUT2D eigenvalue weighted by Crippen LogP contribution is 2.18. The Hall–Kier alpha value is -1.63. The maximum atomic E-state index is 12.1. The monoisotopic (exact) mass is 323 g/mol. The van der Waals surface area contributed by atoms with E-state index in [0.29, 0.717) is 5.92 Å². The number of piperidine rings is 1. The number of aromatic amines is 1. The predicted molar refractivity (Wildman–Crippen MR) is 88.1 cm³/mol. The average Bonchev–Trinajstić information content (AvgIpc) is 2.99. The first kappa shape index (κ1) is 17.7. The number of nitrogens with zero attached hydrogens (tertiary/aromatic N) is 3. The second kappa shape index (κ2) is 8.29. The first-order valence-corrected chi connectivity index (χ1v) is 8.47. The van der Waals surface area contributed by atoms with E-state index in [9.17, 15) is 4.79 Å². The lowest BCUT2D eigenvalue weighted by Gasteiger charge is -2.34. The van der Waals surface area contributed by atoms with Gasteiger partial charge in [-0.05, 0) is 59.0 Å². The molecule has 0 saturated carbocycles. The average molecular weight is 323 g/mol. The smallest absolute Gasteiger partial charge is 0.410 e. The maximum absolute atomic E-state index is 12.1. The summed E-state index contributed by atoms with van der Waals surface area (Å²) in [5.74, 6) is 1.43. The van der Waals surface area contributed by atoms with Crippen LogP contribution in [0, 0.1) is 5.92 Å². The van der Waals surface area contributed by atoms with E-state index in [4.69, 9.17) is 4.74 Å². The normalized spacial score (nSPS) is 18.9. The van der Waals surface area contributed by atoms with E-state index in [-0.39, 0.29) is 6.09 Å². The van der Waals surface area contributed by atoms with Crippen molar-refractivity contribution >= 4 is 6.09 Å². The van der Waals surface area contributed by atoms with Crippen molar-refractivity contribution in [1.82, 2.24) is 25.4 Å². The van der Waals surface area contributed by atoms with E-state index in [0.717, 1.165) is 57.7 Å². The summed E-state index contributed by atoms with van der Waals surface area (Å²) in [7, 11) is 0. The lowest BCUT2D eigenvalue weighted by molar-refractivity contribution is 0.0166. The fourth-order valence-electron chi connectivity index (χ4n) is 2.76. The number of hydrogen-bond donors (Lipinski definition) is 2. The van der Waals surface area contributed by atoms with Gasteiger partial charge in [0.25, 0.3) is 0 Å². The van der Waals surface area contributed by atoms with E-state index < -0.39 is 5.60 Å². The molecule has 1 aromatic rings. The van der Waals surface area contributed by atoms with Gasteiger partial charge in [-0.25, -0.2) is 9.78 Å². The molecule has 0 bridgehead atoms. The van der Waals surface area contributed by atoms with Crippen molar-refractivity contribution in [1.29, 1.82) is 0 Å². The fraction of sp³-hybridized carbons (Fsp3) is 0.812. The zero-order chi connectivity index (χ0) is 16.7. The predicted octanol–water partition coefficient (Wildman–Crippen LogP) is 1.97. The van der Waals surface area contributed by atoms with Crippen molar-refractivity contribution in [2.75, 3.05) is 26.2 Å². The Morgan fingerprint density at radius 1 is 1.52 bits per heavy atom. The van der Waals surface area contributed by atoms with Crippen LogP contribution in [0.5, 0.6) is 0 Å². The molecule has 1 amide bonds. The molecule has 7 nitrogen and oxygen atoms in total. The molecule has 0 radical (unpaired) electrons. The second-order valence-corrected chi connectivity index (χ2v) is 7.17. The minimum Gasteiger partial charge on any atom is -0.444 e. The molecular formula is C16H29N5O2. The topological polar surface area (TPSA) is 83.1 Å². The second-order valence-electron chi connectivity index (χ2n) is 7.17. The van der Waals surface area contributed by atoms with Crippen molar-refractivity contribution in [2.24, 2.45) is 5.92 Å². The van der Waals surface area contributed by atoms with Gasteiger partial charge in [0.2, 0.25) is 0 Å². The van der Waals surface area contributed by atoms with Crippen molar-refractivity contribution in [3.05, 3.63) is 12.2 Å². The molecule has 1 fully saturated rings. The van der Waals surface area contributed by atoms with Crippen LogP contribution in [0.3, 0.4) is 0 Å². The third-order valence-corrected chi connectivity index (χ3v) is 3.84. The number of nitrogens with one attached hydrogen (secondary N) is 2. The summed E-state index contributed by atoms with van der Waals surface area (Å²) in [6.07, 6.45) is 5.49. The Labute approximate surface area is 138 Å². The Morgan fingerprint density at radius 3 is 3.04 bits per heavy atom. The molecule has 1 saturated heterocycles. The molecule has 0 aromatic carbocycles. The number of aromatic nitrogens is 3. The van der Waals surface area contributed by atoms with Crippen molar-refractivity contribution in [3.63, 3.8) is 0 Å². The minimum absolute atomic E-state index is 0.187. The largest absolute Gasteiger partial charge is 0.444 e.